The first-order valence-corrected chi connectivity index (χ1v) is 8.41. The Balaban J connectivity index is 1.61. The van der Waals surface area contributed by atoms with E-state index in [0.717, 1.165) is 55.2 Å². The Bertz CT molecular complexity index is 430. The summed E-state index contributed by atoms with van der Waals surface area (Å²) in [4.78, 5) is 1.55. The number of aryl methyl sites for hydroxylation is 1. The van der Waals surface area contributed by atoms with Gasteiger partial charge in [0.2, 0.25) is 0 Å². The van der Waals surface area contributed by atoms with Gasteiger partial charge in [-0.1, -0.05) is 11.6 Å². The van der Waals surface area contributed by atoms with Crippen LogP contribution in [0.2, 0.25) is 5.02 Å². The lowest BCUT2D eigenvalue weighted by Gasteiger charge is -2.23. The maximum absolute atomic E-state index is 5.98. The van der Waals surface area contributed by atoms with Crippen molar-refractivity contribution in [2.24, 2.45) is 0 Å². The highest BCUT2D eigenvalue weighted by atomic mass is 79.9. The van der Waals surface area contributed by atoms with Crippen molar-refractivity contribution in [3.63, 3.8) is 0 Å². The van der Waals surface area contributed by atoms with E-state index in [1.54, 1.807) is 4.90 Å². The molecule has 0 spiro atoms. The lowest BCUT2D eigenvalue weighted by atomic mass is 10.2. The fraction of sp³-hybridized carbons (Fsp3) is 0.600. The van der Waals surface area contributed by atoms with E-state index < -0.39 is 0 Å². The van der Waals surface area contributed by atoms with Crippen LogP contribution in [0.1, 0.15) is 5.56 Å². The van der Waals surface area contributed by atoms with Crippen molar-refractivity contribution in [2.75, 3.05) is 52.7 Å². The second kappa shape index (κ2) is 8.96. The molecule has 1 N–H and O–H groups in total. The predicted octanol–water partition coefficient (Wildman–Crippen LogP) is 1.72. The summed E-state index contributed by atoms with van der Waals surface area (Å²) in [5.41, 5.74) is 1.02. The highest BCUT2D eigenvalue weighted by Gasteiger charge is 2.13. The van der Waals surface area contributed by atoms with Gasteiger partial charge in [0.15, 0.2) is 0 Å². The minimum Gasteiger partial charge on any atom is -0.490 e. The normalized spacial score (nSPS) is 16.1. The van der Waals surface area contributed by atoms with E-state index in [1.165, 1.54) is 0 Å². The van der Waals surface area contributed by atoms with E-state index in [1.807, 2.05) is 19.1 Å². The Labute approximate surface area is 139 Å². The summed E-state index contributed by atoms with van der Waals surface area (Å²) in [7, 11) is 0. The maximum atomic E-state index is 5.98. The predicted molar refractivity (Wildman–Crippen MR) is 86.6 cm³/mol. The quantitative estimate of drug-likeness (QED) is 0.732. The Hall–Kier alpha value is -0.330. The van der Waals surface area contributed by atoms with Crippen molar-refractivity contribution in [2.45, 2.75) is 6.92 Å². The van der Waals surface area contributed by atoms with Crippen LogP contribution in [-0.2, 0) is 9.47 Å². The second-order valence-electron chi connectivity index (χ2n) is 5.11. The molecule has 0 amide bonds. The molecule has 0 saturated carbocycles. The molecule has 1 aromatic carbocycles. The van der Waals surface area contributed by atoms with E-state index in [2.05, 4.69) is 15.9 Å². The molecule has 0 radical (unpaired) electrons. The van der Waals surface area contributed by atoms with Crippen LogP contribution < -0.4 is 9.64 Å². The van der Waals surface area contributed by atoms with Crippen molar-refractivity contribution in [3.8, 4) is 5.75 Å². The molecule has 1 heterocycles. The van der Waals surface area contributed by atoms with E-state index in [-0.39, 0.29) is 0 Å². The SMILES string of the molecule is Cc1cc(Cl)cc(Br)c1OCCOCC[NH+]1CCOCC1. The van der Waals surface area contributed by atoms with Crippen molar-refractivity contribution < 1.29 is 19.1 Å². The van der Waals surface area contributed by atoms with Crippen LogP contribution in [0.5, 0.6) is 5.75 Å². The number of benzene rings is 1. The first-order valence-electron chi connectivity index (χ1n) is 7.24. The molecular formula is C15H22BrClNO3+. The van der Waals surface area contributed by atoms with E-state index in [0.29, 0.717) is 18.2 Å². The zero-order chi connectivity index (χ0) is 15.1. The average Bonchev–Trinajstić information content (AvgIpc) is 2.45. The molecule has 0 bridgehead atoms. The Morgan fingerprint density at radius 3 is 2.71 bits per heavy atom. The van der Waals surface area contributed by atoms with Gasteiger partial charge in [0, 0.05) is 5.02 Å². The molecule has 0 unspecified atom stereocenters. The number of halogens is 2. The van der Waals surface area contributed by atoms with E-state index in [4.69, 9.17) is 25.8 Å². The molecular weight excluding hydrogens is 358 g/mol. The highest BCUT2D eigenvalue weighted by molar-refractivity contribution is 9.10. The van der Waals surface area contributed by atoms with Crippen molar-refractivity contribution in [1.29, 1.82) is 0 Å². The lowest BCUT2D eigenvalue weighted by Crippen LogP contribution is -3.14. The van der Waals surface area contributed by atoms with Gasteiger partial charge in [0.25, 0.3) is 0 Å². The van der Waals surface area contributed by atoms with Crippen molar-refractivity contribution in [3.05, 3.63) is 27.2 Å². The van der Waals surface area contributed by atoms with Gasteiger partial charge in [-0.05, 0) is 40.5 Å². The van der Waals surface area contributed by atoms with Gasteiger partial charge < -0.3 is 19.1 Å². The van der Waals surface area contributed by atoms with Gasteiger partial charge in [-0.3, -0.25) is 0 Å². The smallest absolute Gasteiger partial charge is 0.136 e. The number of quaternary nitrogens is 1. The van der Waals surface area contributed by atoms with Crippen LogP contribution >= 0.6 is 27.5 Å². The van der Waals surface area contributed by atoms with Crippen LogP contribution in [0, 0.1) is 6.92 Å². The maximum Gasteiger partial charge on any atom is 0.136 e. The van der Waals surface area contributed by atoms with Crippen LogP contribution in [-0.4, -0.2) is 52.7 Å². The minimum atomic E-state index is 0.541. The molecule has 1 saturated heterocycles. The van der Waals surface area contributed by atoms with Gasteiger partial charge in [-0.25, -0.2) is 0 Å². The molecule has 0 atom stereocenters. The third kappa shape index (κ3) is 5.75. The monoisotopic (exact) mass is 378 g/mol. The van der Waals surface area contributed by atoms with Crippen molar-refractivity contribution in [1.82, 2.24) is 0 Å². The summed E-state index contributed by atoms with van der Waals surface area (Å²) in [5, 5.41) is 0.705. The highest BCUT2D eigenvalue weighted by Crippen LogP contribution is 2.31. The summed E-state index contributed by atoms with van der Waals surface area (Å²) in [6, 6.07) is 3.73. The average molecular weight is 380 g/mol. The van der Waals surface area contributed by atoms with Gasteiger partial charge in [0.05, 0.1) is 30.9 Å². The first kappa shape index (κ1) is 17.0. The molecule has 0 aromatic heterocycles. The molecule has 118 valence electrons. The Kier molecular flexibility index (Phi) is 7.26. The van der Waals surface area contributed by atoms with Gasteiger partial charge >= 0.3 is 0 Å². The summed E-state index contributed by atoms with van der Waals surface area (Å²) < 4.78 is 17.6. The largest absolute Gasteiger partial charge is 0.490 e. The molecule has 6 heteroatoms. The van der Waals surface area contributed by atoms with E-state index in [9.17, 15) is 0 Å². The fourth-order valence-corrected chi connectivity index (χ4v) is 3.38. The van der Waals surface area contributed by atoms with Crippen LogP contribution in [0.3, 0.4) is 0 Å². The molecule has 1 aromatic rings. The first-order chi connectivity index (χ1) is 10.2. The summed E-state index contributed by atoms with van der Waals surface area (Å²) in [5.74, 6) is 0.835. The van der Waals surface area contributed by atoms with Crippen molar-refractivity contribution >= 4 is 27.5 Å². The third-order valence-electron chi connectivity index (χ3n) is 3.47. The minimum absolute atomic E-state index is 0.541. The zero-order valence-electron chi connectivity index (χ0n) is 12.3. The van der Waals surface area contributed by atoms with Crippen LogP contribution in [0.25, 0.3) is 0 Å². The van der Waals surface area contributed by atoms with Gasteiger partial charge in [-0.2, -0.15) is 0 Å². The zero-order valence-corrected chi connectivity index (χ0v) is 14.6. The van der Waals surface area contributed by atoms with Crippen LogP contribution in [0.15, 0.2) is 16.6 Å². The van der Waals surface area contributed by atoms with E-state index >= 15 is 0 Å². The van der Waals surface area contributed by atoms with Gasteiger partial charge in [-0.15, -0.1) is 0 Å². The summed E-state index contributed by atoms with van der Waals surface area (Å²) in [6.07, 6.45) is 0. The molecule has 1 fully saturated rings. The molecule has 2 rings (SSSR count). The Morgan fingerprint density at radius 2 is 2.00 bits per heavy atom. The topological polar surface area (TPSA) is 32.1 Å². The standard InChI is InChI=1S/C15H21BrClNO3/c1-12-10-13(17)11-14(16)15(12)21-9-8-20-7-4-18-2-5-19-6-3-18/h10-11H,2-9H2,1H3/p+1. The second-order valence-corrected chi connectivity index (χ2v) is 6.40. The molecule has 21 heavy (non-hydrogen) atoms. The number of ether oxygens (including phenoxy) is 3. The summed E-state index contributed by atoms with van der Waals surface area (Å²) in [6.45, 7) is 8.80. The Morgan fingerprint density at radius 1 is 1.24 bits per heavy atom. The summed E-state index contributed by atoms with van der Waals surface area (Å²) >= 11 is 9.44. The lowest BCUT2D eigenvalue weighted by molar-refractivity contribution is -0.908. The third-order valence-corrected chi connectivity index (χ3v) is 4.28. The number of morpholine rings is 1. The number of rotatable bonds is 7. The molecule has 4 nitrogen and oxygen atoms in total. The molecule has 0 aliphatic carbocycles. The van der Waals surface area contributed by atoms with Crippen LogP contribution in [0.4, 0.5) is 0 Å². The van der Waals surface area contributed by atoms with Gasteiger partial charge in [0.1, 0.15) is 32.0 Å². The number of hydrogen-bond acceptors (Lipinski definition) is 3. The fourth-order valence-electron chi connectivity index (χ4n) is 2.30. The molecule has 1 aliphatic rings. The molecule has 1 aliphatic heterocycles. The number of nitrogens with one attached hydrogen (secondary N) is 1. The number of hydrogen-bond donors (Lipinski definition) is 1.